The van der Waals surface area contributed by atoms with Gasteiger partial charge in [-0.25, -0.2) is 26.9 Å². The van der Waals surface area contributed by atoms with E-state index in [4.69, 9.17) is 17.9 Å². The van der Waals surface area contributed by atoms with E-state index in [2.05, 4.69) is 9.69 Å². The summed E-state index contributed by atoms with van der Waals surface area (Å²) < 4.78 is 59.5. The Hall–Kier alpha value is -3.09. The van der Waals surface area contributed by atoms with E-state index in [1.807, 2.05) is 0 Å². The van der Waals surface area contributed by atoms with E-state index in [9.17, 15) is 27.4 Å². The zero-order valence-corrected chi connectivity index (χ0v) is 16.1. The molecule has 2 atom stereocenters. The molecule has 30 heavy (non-hydrogen) atoms. The minimum absolute atomic E-state index is 0.0698. The summed E-state index contributed by atoms with van der Waals surface area (Å²) in [5, 5.41) is 20.3. The number of β-amino-alcohol motifs (C(OH)–C–C–N with tert-alkyl or cyclic N) is 1. The predicted octanol–water partition coefficient (Wildman–Crippen LogP) is 2.24. The number of nitrogens with zero attached hydrogens (tertiary/aromatic N) is 3. The summed E-state index contributed by atoms with van der Waals surface area (Å²) in [6, 6.07) is 5.99. The Labute approximate surface area is 171 Å². The van der Waals surface area contributed by atoms with E-state index in [-0.39, 0.29) is 11.4 Å². The number of benzene rings is 2. The smallest absolute Gasteiger partial charge is 0.233 e. The first kappa shape index (κ1) is 21.6. The van der Waals surface area contributed by atoms with Crippen LogP contribution in [0.3, 0.4) is 0 Å². The third-order valence-corrected chi connectivity index (χ3v) is 6.53. The van der Waals surface area contributed by atoms with Crippen molar-refractivity contribution in [1.29, 1.82) is 0 Å². The van der Waals surface area contributed by atoms with Gasteiger partial charge < -0.3 is 14.9 Å². The normalized spacial score (nSPS) is 21.7. The molecule has 2 aromatic rings. The summed E-state index contributed by atoms with van der Waals surface area (Å²) in [4.78, 5) is 5.56. The molecule has 0 saturated carbocycles. The van der Waals surface area contributed by atoms with Gasteiger partial charge in [0.1, 0.15) is 29.1 Å². The van der Waals surface area contributed by atoms with Crippen LogP contribution in [-0.4, -0.2) is 54.3 Å². The second-order valence-corrected chi connectivity index (χ2v) is 8.52. The van der Waals surface area contributed by atoms with Crippen molar-refractivity contribution in [2.24, 2.45) is 0 Å². The molecule has 0 radical (unpaired) electrons. The first-order valence-corrected chi connectivity index (χ1v) is 9.92. The van der Waals surface area contributed by atoms with Crippen LogP contribution in [-0.2, 0) is 10.0 Å². The molecule has 3 rings (SSSR count). The van der Waals surface area contributed by atoms with Gasteiger partial charge in [0.2, 0.25) is 21.4 Å². The molecule has 8 nitrogen and oxygen atoms in total. The molecule has 2 aromatic carbocycles. The molecular weight excluding hydrogens is 420 g/mol. The second kappa shape index (κ2) is 7.97. The summed E-state index contributed by atoms with van der Waals surface area (Å²) in [7, 11) is -4.34. The first-order chi connectivity index (χ1) is 14.1. The monoisotopic (exact) mass is 435 g/mol. The number of ether oxygens (including phenoxy) is 1. The maximum atomic E-state index is 13.8. The van der Waals surface area contributed by atoms with E-state index in [0.717, 1.165) is 28.6 Å². The van der Waals surface area contributed by atoms with Crippen LogP contribution in [0.5, 0.6) is 5.75 Å². The van der Waals surface area contributed by atoms with Gasteiger partial charge in [-0.1, -0.05) is 0 Å². The van der Waals surface area contributed by atoms with Crippen LogP contribution in [0.2, 0.25) is 0 Å². The van der Waals surface area contributed by atoms with Gasteiger partial charge in [-0.15, -0.1) is 0 Å². The van der Waals surface area contributed by atoms with E-state index in [1.54, 1.807) is 0 Å². The van der Waals surface area contributed by atoms with Crippen molar-refractivity contribution in [3.05, 3.63) is 70.9 Å². The topological polar surface area (TPSA) is 95.8 Å². The molecule has 0 unspecified atom stereocenters. The zero-order chi connectivity index (χ0) is 22.1. The molecular formula is C19H15F2N3O5S. The number of rotatable bonds is 5. The summed E-state index contributed by atoms with van der Waals surface area (Å²) in [5.41, 5.74) is -2.68. The molecule has 1 fully saturated rings. The van der Waals surface area contributed by atoms with E-state index >= 15 is 0 Å². The fourth-order valence-electron chi connectivity index (χ4n) is 3.06. The van der Waals surface area contributed by atoms with Crippen LogP contribution >= 0.6 is 0 Å². The molecule has 11 heteroatoms. The van der Waals surface area contributed by atoms with Crippen LogP contribution in [0.1, 0.15) is 0 Å². The summed E-state index contributed by atoms with van der Waals surface area (Å²) in [6.07, 6.45) is -1.27. The van der Waals surface area contributed by atoms with Crippen LogP contribution in [0.4, 0.5) is 20.2 Å². The van der Waals surface area contributed by atoms with Crippen LogP contribution < -0.4 is 4.74 Å². The van der Waals surface area contributed by atoms with E-state index < -0.39 is 63.6 Å². The van der Waals surface area contributed by atoms with Gasteiger partial charge in [-0.05, 0) is 30.3 Å². The minimum Gasteiger partial charge on any atom is -0.486 e. The number of sulfonamides is 1. The minimum atomic E-state index is -4.34. The standard InChI is InChI=1S/C19H15F2N3O5S/c1-22-15-5-4-13(8-14(15)21)29-18-9-24(10-19(18,26)11-25)30(27,28)17-6-3-12(20)7-16(17)23-2/h3-8,18,25-26H,9-11H2/t18-,19-/m0/s1. The Morgan fingerprint density at radius 2 is 1.87 bits per heavy atom. The average molecular weight is 435 g/mol. The average Bonchev–Trinajstić information content (AvgIpc) is 3.05. The lowest BCUT2D eigenvalue weighted by Gasteiger charge is -2.27. The molecule has 2 N–H and O–H groups in total. The van der Waals surface area contributed by atoms with Gasteiger partial charge >= 0.3 is 0 Å². The largest absolute Gasteiger partial charge is 0.486 e. The van der Waals surface area contributed by atoms with Crippen LogP contribution in [0.15, 0.2) is 41.3 Å². The molecule has 0 aliphatic carbocycles. The van der Waals surface area contributed by atoms with E-state index in [0.29, 0.717) is 0 Å². The van der Waals surface area contributed by atoms with Gasteiger partial charge in [-0.3, -0.25) is 0 Å². The molecule has 0 spiro atoms. The first-order valence-electron chi connectivity index (χ1n) is 8.48. The molecule has 0 bridgehead atoms. The molecule has 0 amide bonds. The third kappa shape index (κ3) is 3.84. The number of hydrogen-bond acceptors (Lipinski definition) is 5. The Morgan fingerprint density at radius 1 is 1.17 bits per heavy atom. The fourth-order valence-corrected chi connectivity index (χ4v) is 4.67. The number of aliphatic hydroxyl groups is 2. The number of aliphatic hydroxyl groups excluding tert-OH is 1. The van der Waals surface area contributed by atoms with Crippen molar-refractivity contribution < 1.29 is 32.1 Å². The highest BCUT2D eigenvalue weighted by Gasteiger charge is 2.51. The fraction of sp³-hybridized carbons (Fsp3) is 0.263. The van der Waals surface area contributed by atoms with Crippen molar-refractivity contribution in [3.8, 4) is 5.75 Å². The quantitative estimate of drug-likeness (QED) is 0.703. The lowest BCUT2D eigenvalue weighted by molar-refractivity contribution is -0.0641. The highest BCUT2D eigenvalue weighted by atomic mass is 32.2. The maximum absolute atomic E-state index is 13.8. The lowest BCUT2D eigenvalue weighted by Crippen LogP contribution is -2.48. The Bertz CT molecular complexity index is 1180. The Balaban J connectivity index is 1.92. The second-order valence-electron chi connectivity index (χ2n) is 6.61. The molecule has 1 saturated heterocycles. The SMILES string of the molecule is [C-]#[N+]c1ccc(O[C@H]2CN(S(=O)(=O)c3ccc(F)cc3[N+]#[C-])C[C@]2(O)CO)cc1F. The highest BCUT2D eigenvalue weighted by Crippen LogP contribution is 2.34. The predicted molar refractivity (Wildman–Crippen MR) is 101 cm³/mol. The Kier molecular flexibility index (Phi) is 5.74. The van der Waals surface area contributed by atoms with Gasteiger partial charge in [0.15, 0.2) is 0 Å². The lowest BCUT2D eigenvalue weighted by atomic mass is 10.0. The van der Waals surface area contributed by atoms with E-state index in [1.165, 1.54) is 12.1 Å². The summed E-state index contributed by atoms with van der Waals surface area (Å²) >= 11 is 0. The Morgan fingerprint density at radius 3 is 2.47 bits per heavy atom. The molecule has 1 aliphatic rings. The van der Waals surface area contributed by atoms with Crippen molar-refractivity contribution >= 4 is 21.4 Å². The van der Waals surface area contributed by atoms with Gasteiger partial charge in [-0.2, -0.15) is 4.31 Å². The van der Waals surface area contributed by atoms with Gasteiger partial charge in [0, 0.05) is 12.6 Å². The van der Waals surface area contributed by atoms with Crippen molar-refractivity contribution in [3.63, 3.8) is 0 Å². The third-order valence-electron chi connectivity index (χ3n) is 4.67. The highest BCUT2D eigenvalue weighted by molar-refractivity contribution is 7.89. The zero-order valence-electron chi connectivity index (χ0n) is 15.3. The molecule has 1 aliphatic heterocycles. The van der Waals surface area contributed by atoms with Gasteiger partial charge in [0.25, 0.3) is 0 Å². The summed E-state index contributed by atoms with van der Waals surface area (Å²) in [6.45, 7) is 12.1. The number of hydrogen-bond donors (Lipinski definition) is 2. The molecule has 1 heterocycles. The van der Waals surface area contributed by atoms with Crippen molar-refractivity contribution in [2.45, 2.75) is 16.6 Å². The van der Waals surface area contributed by atoms with Crippen molar-refractivity contribution in [2.75, 3.05) is 19.7 Å². The molecule has 0 aromatic heterocycles. The van der Waals surface area contributed by atoms with Crippen LogP contribution in [0.25, 0.3) is 9.69 Å². The molecule has 156 valence electrons. The maximum Gasteiger partial charge on any atom is 0.233 e. The van der Waals surface area contributed by atoms with Crippen molar-refractivity contribution in [1.82, 2.24) is 4.31 Å². The van der Waals surface area contributed by atoms with Crippen LogP contribution in [0, 0.1) is 24.8 Å². The summed E-state index contributed by atoms with van der Waals surface area (Å²) in [5.74, 6) is -1.70. The van der Waals surface area contributed by atoms with Gasteiger partial charge in [0.05, 0.1) is 31.2 Å². The number of halogens is 2.